The third-order valence-corrected chi connectivity index (χ3v) is 5.91. The van der Waals surface area contributed by atoms with Crippen molar-refractivity contribution in [3.05, 3.63) is 47.6 Å². The molecule has 0 amide bonds. The van der Waals surface area contributed by atoms with E-state index < -0.39 is 16.0 Å². The molecule has 0 saturated carbocycles. The number of aromatic nitrogens is 3. The predicted molar refractivity (Wildman–Crippen MR) is 99.6 cm³/mol. The number of fused-ring (bicyclic) bond motifs is 1. The number of rotatable bonds is 7. The minimum absolute atomic E-state index is 0.134. The van der Waals surface area contributed by atoms with Gasteiger partial charge in [0.05, 0.1) is 4.90 Å². The zero-order valence-corrected chi connectivity index (χ0v) is 15.7. The molecule has 2 aromatic rings. The molecule has 9 heteroatoms. The van der Waals surface area contributed by atoms with Crippen LogP contribution in [0.25, 0.3) is 6.08 Å². The summed E-state index contributed by atoms with van der Waals surface area (Å²) in [6.45, 7) is 1.12. The van der Waals surface area contributed by atoms with Crippen LogP contribution < -0.4 is 4.72 Å². The van der Waals surface area contributed by atoms with Gasteiger partial charge in [-0.2, -0.15) is 0 Å². The second-order valence-corrected chi connectivity index (χ2v) is 8.15. The number of carboxylic acids is 1. The number of nitrogens with one attached hydrogen (secondary N) is 1. The van der Waals surface area contributed by atoms with Crippen LogP contribution in [0.2, 0.25) is 0 Å². The van der Waals surface area contributed by atoms with Gasteiger partial charge in [-0.25, -0.2) is 17.9 Å². The van der Waals surface area contributed by atoms with E-state index in [1.165, 1.54) is 24.6 Å². The highest BCUT2D eigenvalue weighted by molar-refractivity contribution is 7.89. The number of hydrogen-bond acceptors (Lipinski definition) is 5. The lowest BCUT2D eigenvalue weighted by Crippen LogP contribution is -2.26. The summed E-state index contributed by atoms with van der Waals surface area (Å²) in [5.41, 5.74) is 0.613. The fraction of sp³-hybridized carbons (Fsp3) is 0.389. The van der Waals surface area contributed by atoms with Crippen molar-refractivity contribution >= 4 is 22.1 Å². The van der Waals surface area contributed by atoms with Gasteiger partial charge in [-0.1, -0.05) is 18.6 Å². The molecule has 2 heterocycles. The Morgan fingerprint density at radius 1 is 1.19 bits per heavy atom. The average Bonchev–Trinajstić information content (AvgIpc) is 2.87. The second-order valence-electron chi connectivity index (χ2n) is 6.38. The number of hydrogen-bond donors (Lipinski definition) is 2. The molecule has 1 aliphatic heterocycles. The second kappa shape index (κ2) is 8.45. The Hall–Kier alpha value is -2.52. The highest BCUT2D eigenvalue weighted by Crippen LogP contribution is 2.15. The van der Waals surface area contributed by atoms with E-state index in [1.807, 2.05) is 0 Å². The summed E-state index contributed by atoms with van der Waals surface area (Å²) in [5, 5.41) is 17.0. The van der Waals surface area contributed by atoms with Crippen LogP contribution >= 0.6 is 0 Å². The molecule has 144 valence electrons. The van der Waals surface area contributed by atoms with Crippen molar-refractivity contribution < 1.29 is 18.3 Å². The van der Waals surface area contributed by atoms with Crippen LogP contribution in [-0.2, 0) is 34.2 Å². The van der Waals surface area contributed by atoms with Crippen molar-refractivity contribution in [1.29, 1.82) is 0 Å². The molecule has 0 atom stereocenters. The van der Waals surface area contributed by atoms with Crippen LogP contribution in [-0.4, -0.2) is 40.8 Å². The van der Waals surface area contributed by atoms with E-state index in [0.717, 1.165) is 43.5 Å². The summed E-state index contributed by atoms with van der Waals surface area (Å²) >= 11 is 0. The first-order valence-electron chi connectivity index (χ1n) is 8.87. The monoisotopic (exact) mass is 390 g/mol. The van der Waals surface area contributed by atoms with E-state index >= 15 is 0 Å². The number of nitrogens with zero attached hydrogens (tertiary/aromatic N) is 3. The largest absolute Gasteiger partial charge is 0.478 e. The molecule has 0 radical (unpaired) electrons. The quantitative estimate of drug-likeness (QED) is 0.695. The fourth-order valence-electron chi connectivity index (χ4n) is 3.04. The lowest BCUT2D eigenvalue weighted by molar-refractivity contribution is -0.131. The first kappa shape index (κ1) is 19.2. The molecule has 0 spiro atoms. The maximum absolute atomic E-state index is 12.4. The van der Waals surface area contributed by atoms with Gasteiger partial charge in [-0.3, -0.25) is 0 Å². The molecule has 1 aliphatic rings. The molecule has 3 rings (SSSR count). The highest BCUT2D eigenvalue weighted by atomic mass is 32.2. The molecule has 0 fully saturated rings. The van der Waals surface area contributed by atoms with Crippen LogP contribution in [0.5, 0.6) is 0 Å². The Morgan fingerprint density at radius 2 is 1.96 bits per heavy atom. The third-order valence-electron chi connectivity index (χ3n) is 4.44. The topological polar surface area (TPSA) is 114 Å². The molecule has 0 unspecified atom stereocenters. The van der Waals surface area contributed by atoms with Crippen LogP contribution in [0.3, 0.4) is 0 Å². The van der Waals surface area contributed by atoms with Crippen molar-refractivity contribution in [2.24, 2.45) is 0 Å². The van der Waals surface area contributed by atoms with Crippen LogP contribution in [0.4, 0.5) is 0 Å². The summed E-state index contributed by atoms with van der Waals surface area (Å²) in [5.74, 6) is 0.735. The number of carboxylic acid groups (broad SMARTS) is 1. The highest BCUT2D eigenvalue weighted by Gasteiger charge is 2.17. The zero-order chi connectivity index (χ0) is 19.3. The summed E-state index contributed by atoms with van der Waals surface area (Å²) in [4.78, 5) is 10.7. The number of aliphatic carboxylic acids is 1. The molecular weight excluding hydrogens is 368 g/mol. The maximum Gasteiger partial charge on any atom is 0.328 e. The Balaban J connectivity index is 1.60. The van der Waals surface area contributed by atoms with Gasteiger partial charge >= 0.3 is 5.97 Å². The Labute approximate surface area is 158 Å². The summed E-state index contributed by atoms with van der Waals surface area (Å²) in [6, 6.07) is 6.03. The minimum atomic E-state index is -3.64. The number of sulfonamides is 1. The van der Waals surface area contributed by atoms with E-state index in [4.69, 9.17) is 5.11 Å². The lowest BCUT2D eigenvalue weighted by Gasteiger charge is -2.09. The van der Waals surface area contributed by atoms with Crippen molar-refractivity contribution in [2.75, 3.05) is 6.54 Å². The van der Waals surface area contributed by atoms with Crippen LogP contribution in [0.1, 0.15) is 36.5 Å². The number of aryl methyl sites for hydroxylation is 1. The third kappa shape index (κ3) is 5.01. The number of benzene rings is 1. The molecule has 1 aromatic carbocycles. The molecule has 0 aliphatic carbocycles. The van der Waals surface area contributed by atoms with Crippen molar-refractivity contribution in [3.63, 3.8) is 0 Å². The van der Waals surface area contributed by atoms with E-state index in [1.54, 1.807) is 12.1 Å². The first-order chi connectivity index (χ1) is 13.0. The van der Waals surface area contributed by atoms with E-state index in [9.17, 15) is 13.2 Å². The van der Waals surface area contributed by atoms with Crippen LogP contribution in [0.15, 0.2) is 35.2 Å². The SMILES string of the molecule is O=C(O)/C=C/c1ccc(S(=O)(=O)NCCc2nnc3n2CCCCC3)cc1. The summed E-state index contributed by atoms with van der Waals surface area (Å²) < 4.78 is 29.5. The molecule has 1 aromatic heterocycles. The van der Waals surface area contributed by atoms with E-state index in [2.05, 4.69) is 19.5 Å². The molecule has 27 heavy (non-hydrogen) atoms. The fourth-order valence-corrected chi connectivity index (χ4v) is 4.07. The van der Waals surface area contributed by atoms with Gasteiger partial charge in [0.25, 0.3) is 0 Å². The summed E-state index contributed by atoms with van der Waals surface area (Å²) in [6.07, 6.45) is 7.18. The normalized spacial score (nSPS) is 14.8. The molecule has 0 saturated heterocycles. The number of carbonyl (C=O) groups is 1. The first-order valence-corrected chi connectivity index (χ1v) is 10.4. The molecule has 8 nitrogen and oxygen atoms in total. The Kier molecular flexibility index (Phi) is 6.02. The average molecular weight is 390 g/mol. The molecule has 2 N–H and O–H groups in total. The van der Waals surface area contributed by atoms with E-state index in [0.29, 0.717) is 12.0 Å². The van der Waals surface area contributed by atoms with Crippen molar-refractivity contribution in [1.82, 2.24) is 19.5 Å². The van der Waals surface area contributed by atoms with Crippen molar-refractivity contribution in [3.8, 4) is 0 Å². The zero-order valence-electron chi connectivity index (χ0n) is 14.8. The van der Waals surface area contributed by atoms with Gasteiger partial charge in [0.1, 0.15) is 11.6 Å². The van der Waals surface area contributed by atoms with Gasteiger partial charge < -0.3 is 9.67 Å². The van der Waals surface area contributed by atoms with Gasteiger partial charge in [-0.15, -0.1) is 10.2 Å². The summed E-state index contributed by atoms with van der Waals surface area (Å²) in [7, 11) is -3.64. The smallest absolute Gasteiger partial charge is 0.328 e. The van der Waals surface area contributed by atoms with Gasteiger partial charge in [0.15, 0.2) is 0 Å². The Bertz CT molecular complexity index is 933. The molecule has 0 bridgehead atoms. The minimum Gasteiger partial charge on any atom is -0.478 e. The van der Waals surface area contributed by atoms with Gasteiger partial charge in [0, 0.05) is 32.0 Å². The van der Waals surface area contributed by atoms with Gasteiger partial charge in [0.2, 0.25) is 10.0 Å². The van der Waals surface area contributed by atoms with Crippen molar-refractivity contribution in [2.45, 2.75) is 43.5 Å². The Morgan fingerprint density at radius 3 is 2.70 bits per heavy atom. The van der Waals surface area contributed by atoms with Gasteiger partial charge in [-0.05, 0) is 36.6 Å². The maximum atomic E-state index is 12.4. The van der Waals surface area contributed by atoms with Crippen LogP contribution in [0, 0.1) is 0 Å². The standard InChI is InChI=1S/C18H22N4O4S/c23-18(24)10-7-14-5-8-15(9-6-14)27(25,26)19-12-11-17-21-20-16-4-2-1-3-13-22(16)17/h5-10,19H,1-4,11-13H2,(H,23,24)/b10-7+. The lowest BCUT2D eigenvalue weighted by atomic mass is 10.2. The molecular formula is C18H22N4O4S. The van der Waals surface area contributed by atoms with E-state index in [-0.39, 0.29) is 11.4 Å². The predicted octanol–water partition coefficient (Wildman–Crippen LogP) is 1.62.